The van der Waals surface area contributed by atoms with Crippen molar-refractivity contribution in [2.24, 2.45) is 13.0 Å². The molecule has 1 saturated carbocycles. The lowest BCUT2D eigenvalue weighted by Gasteiger charge is -2.23. The minimum atomic E-state index is -0.553. The molecule has 1 amide bonds. The second-order valence-electron chi connectivity index (χ2n) is 7.31. The van der Waals surface area contributed by atoms with E-state index in [1.807, 2.05) is 18.2 Å². The van der Waals surface area contributed by atoms with Gasteiger partial charge in [0, 0.05) is 67.8 Å². The number of halogens is 1. The zero-order valence-electron chi connectivity index (χ0n) is 17.7. The quantitative estimate of drug-likeness (QED) is 0.463. The fraction of sp³-hybridized carbons (Fsp3) is 0.364. The minimum Gasteiger partial charge on any atom is -0.342 e. The Morgan fingerprint density at radius 3 is 2.90 bits per heavy atom. The molecule has 2 heterocycles. The van der Waals surface area contributed by atoms with Gasteiger partial charge in [0.05, 0.1) is 11.9 Å². The first-order valence-electron chi connectivity index (χ1n) is 9.67. The Bertz CT molecular complexity index is 1110. The summed E-state index contributed by atoms with van der Waals surface area (Å²) in [6.45, 7) is 4.04. The topological polar surface area (TPSA) is 71.3 Å². The molecule has 1 fully saturated rings. The van der Waals surface area contributed by atoms with Gasteiger partial charge in [0.2, 0.25) is 11.9 Å². The van der Waals surface area contributed by atoms with E-state index in [2.05, 4.69) is 22.6 Å². The number of rotatable bonds is 8. The van der Waals surface area contributed by atoms with E-state index in [1.54, 1.807) is 18.8 Å². The predicted molar refractivity (Wildman–Crippen MR) is 121 cm³/mol. The molecule has 9 heteroatoms. The number of pyridine rings is 1. The highest BCUT2D eigenvalue weighted by Crippen LogP contribution is 2.43. The smallest absolute Gasteiger partial charge is 0.255 e. The molecule has 0 saturated heterocycles. The Kier molecular flexibility index (Phi) is 6.81. The summed E-state index contributed by atoms with van der Waals surface area (Å²) < 4.78 is 15.6. The molecule has 0 radical (unpaired) electrons. The molecule has 3 rings (SSSR count). The average Bonchev–Trinajstić information content (AvgIpc) is 3.55. The number of hydrogen-bond acceptors (Lipinski definition) is 6. The van der Waals surface area contributed by atoms with Crippen LogP contribution < -0.4 is 10.5 Å². The van der Waals surface area contributed by atoms with Crippen molar-refractivity contribution >= 4 is 23.6 Å². The summed E-state index contributed by atoms with van der Waals surface area (Å²) in [7, 11) is 3.42. The van der Waals surface area contributed by atoms with Crippen molar-refractivity contribution in [2.45, 2.75) is 18.9 Å². The van der Waals surface area contributed by atoms with Gasteiger partial charge in [-0.1, -0.05) is 13.0 Å². The predicted octanol–water partition coefficient (Wildman–Crippen LogP) is 2.49. The first kappa shape index (κ1) is 22.6. The highest BCUT2D eigenvalue weighted by molar-refractivity contribution is 7.98. The van der Waals surface area contributed by atoms with Gasteiger partial charge in [-0.15, -0.1) is 0 Å². The number of aromatic nitrogens is 3. The van der Waals surface area contributed by atoms with E-state index in [4.69, 9.17) is 6.42 Å². The Morgan fingerprint density at radius 1 is 1.52 bits per heavy atom. The van der Waals surface area contributed by atoms with Crippen molar-refractivity contribution in [1.82, 2.24) is 19.4 Å². The highest BCUT2D eigenvalue weighted by Gasteiger charge is 2.45. The normalized spacial score (nSPS) is 17.0. The summed E-state index contributed by atoms with van der Waals surface area (Å²) in [5, 5.41) is 0. The van der Waals surface area contributed by atoms with Crippen LogP contribution in [0, 0.1) is 24.2 Å². The molecule has 2 atom stereocenters. The van der Waals surface area contributed by atoms with Crippen LogP contribution in [-0.4, -0.2) is 50.4 Å². The van der Waals surface area contributed by atoms with Crippen molar-refractivity contribution in [3.05, 3.63) is 53.0 Å². The molecule has 0 spiro atoms. The lowest BCUT2D eigenvalue weighted by Crippen LogP contribution is -2.33. The summed E-state index contributed by atoms with van der Waals surface area (Å²) in [5.41, 5.74) is 0.693. The van der Waals surface area contributed by atoms with E-state index < -0.39 is 5.82 Å². The van der Waals surface area contributed by atoms with Crippen LogP contribution in [0.3, 0.4) is 0 Å². The first-order valence-corrected chi connectivity index (χ1v) is 11.1. The maximum atomic E-state index is 14.2. The molecule has 2 aromatic heterocycles. The zero-order chi connectivity index (χ0) is 22.7. The Morgan fingerprint density at radius 2 is 2.26 bits per heavy atom. The summed E-state index contributed by atoms with van der Waals surface area (Å²) in [4.78, 5) is 36.3. The van der Waals surface area contributed by atoms with Gasteiger partial charge >= 0.3 is 0 Å². The summed E-state index contributed by atoms with van der Waals surface area (Å²) in [6, 6.07) is 5.17. The van der Waals surface area contributed by atoms with Crippen molar-refractivity contribution < 1.29 is 9.18 Å². The zero-order valence-corrected chi connectivity index (χ0v) is 18.5. The van der Waals surface area contributed by atoms with Crippen molar-refractivity contribution in [3.8, 4) is 23.7 Å². The Hall–Kier alpha value is -3.12. The number of anilines is 1. The van der Waals surface area contributed by atoms with Gasteiger partial charge in [-0.25, -0.2) is 14.3 Å². The second kappa shape index (κ2) is 9.35. The Labute approximate surface area is 185 Å². The fourth-order valence-electron chi connectivity index (χ4n) is 3.46. The van der Waals surface area contributed by atoms with Gasteiger partial charge < -0.3 is 4.90 Å². The maximum absolute atomic E-state index is 14.2. The monoisotopic (exact) mass is 441 g/mol. The molecule has 0 unspecified atom stereocenters. The van der Waals surface area contributed by atoms with Crippen LogP contribution in [0.2, 0.25) is 0 Å². The number of nitrogens with zero attached hydrogens (tertiary/aromatic N) is 5. The molecule has 0 aromatic carbocycles. The van der Waals surface area contributed by atoms with E-state index in [-0.39, 0.29) is 34.7 Å². The average molecular weight is 442 g/mol. The number of carbonyl (C=O) groups is 1. The molecule has 162 valence electrons. The van der Waals surface area contributed by atoms with E-state index in [0.29, 0.717) is 30.2 Å². The molecule has 0 N–H and O–H groups in total. The Balaban J connectivity index is 1.83. The fourth-order valence-corrected chi connectivity index (χ4v) is 3.84. The molecule has 0 aliphatic heterocycles. The number of carbonyl (C=O) groups excluding carboxylic acids is 1. The third-order valence-corrected chi connectivity index (χ3v) is 5.96. The van der Waals surface area contributed by atoms with Gasteiger partial charge in [-0.2, -0.15) is 11.8 Å². The van der Waals surface area contributed by atoms with Gasteiger partial charge in [-0.3, -0.25) is 19.1 Å². The molecular formula is C22H24FN5O2S. The largest absolute Gasteiger partial charge is 0.342 e. The van der Waals surface area contributed by atoms with E-state index in [0.717, 1.165) is 6.20 Å². The number of terminal acetylenes is 1. The molecule has 7 nitrogen and oxygen atoms in total. The van der Waals surface area contributed by atoms with Gasteiger partial charge in [0.1, 0.15) is 0 Å². The molecule has 31 heavy (non-hydrogen) atoms. The van der Waals surface area contributed by atoms with Gasteiger partial charge in [-0.05, 0) is 18.7 Å². The van der Waals surface area contributed by atoms with Gasteiger partial charge in [0.15, 0.2) is 5.82 Å². The van der Waals surface area contributed by atoms with Gasteiger partial charge in [0.25, 0.3) is 5.56 Å². The SMILES string of the molecule is C#CN(C(=C)[C@@H]1C[C@H]1N(C)c1nc(-c2ccncc2F)cc(=O)n1C)C(=O)CCSC. The summed E-state index contributed by atoms with van der Waals surface area (Å²) >= 11 is 1.57. The van der Waals surface area contributed by atoms with Crippen molar-refractivity contribution in [2.75, 3.05) is 24.0 Å². The van der Waals surface area contributed by atoms with Crippen LogP contribution in [0.1, 0.15) is 12.8 Å². The third-order valence-electron chi connectivity index (χ3n) is 5.34. The maximum Gasteiger partial charge on any atom is 0.255 e. The van der Waals surface area contributed by atoms with Crippen LogP contribution in [0.15, 0.2) is 41.6 Å². The number of amides is 1. The van der Waals surface area contributed by atoms with E-state index >= 15 is 0 Å². The minimum absolute atomic E-state index is 0.0349. The lowest BCUT2D eigenvalue weighted by molar-refractivity contribution is -0.126. The van der Waals surface area contributed by atoms with Crippen LogP contribution >= 0.6 is 11.8 Å². The third kappa shape index (κ3) is 4.64. The van der Waals surface area contributed by atoms with Crippen molar-refractivity contribution in [1.29, 1.82) is 0 Å². The molecule has 0 bridgehead atoms. The molecule has 1 aliphatic carbocycles. The van der Waals surface area contributed by atoms with Crippen LogP contribution in [0.5, 0.6) is 0 Å². The number of thioether (sulfide) groups is 1. The van der Waals surface area contributed by atoms with Crippen LogP contribution in [0.4, 0.5) is 10.3 Å². The number of hydrogen-bond donors (Lipinski definition) is 0. The van der Waals surface area contributed by atoms with E-state index in [1.165, 1.54) is 27.8 Å². The summed E-state index contributed by atoms with van der Waals surface area (Å²) in [6.07, 6.45) is 11.1. The lowest BCUT2D eigenvalue weighted by atomic mass is 10.2. The summed E-state index contributed by atoms with van der Waals surface area (Å²) in [5.74, 6) is 0.319. The first-order chi connectivity index (χ1) is 14.8. The molecular weight excluding hydrogens is 417 g/mol. The van der Waals surface area contributed by atoms with E-state index in [9.17, 15) is 14.0 Å². The van der Waals surface area contributed by atoms with Crippen LogP contribution in [0.25, 0.3) is 11.3 Å². The second-order valence-corrected chi connectivity index (χ2v) is 8.29. The molecule has 1 aliphatic rings. The molecule has 2 aromatic rings. The van der Waals surface area contributed by atoms with Crippen LogP contribution in [-0.2, 0) is 11.8 Å². The van der Waals surface area contributed by atoms with Crippen molar-refractivity contribution in [3.63, 3.8) is 0 Å². The highest BCUT2D eigenvalue weighted by atomic mass is 32.2. The standard InChI is InChI=1S/C22H24FN5O2S/c1-6-28(20(29)8-10-31-5)14(2)16-11-19(16)26(3)22-25-18(12-21(30)27(22)4)15-7-9-24-13-17(15)23/h1,7,9,12-13,16,19H,2,8,10-11H2,3-5H3/t16-,19+/m0/s1.